The zero-order chi connectivity index (χ0) is 18.2. The Labute approximate surface area is 162 Å². The zero-order valence-corrected chi connectivity index (χ0v) is 15.8. The molecule has 130 valence electrons. The molecule has 0 spiro atoms. The Hall–Kier alpha value is -2.49. The topological polar surface area (TPSA) is 54.5 Å². The lowest BCUT2D eigenvalue weighted by Crippen LogP contribution is -2.03. The fourth-order valence-electron chi connectivity index (χ4n) is 2.41. The lowest BCUT2D eigenvalue weighted by Gasteiger charge is -2.08. The Bertz CT molecular complexity index is 913. The molecule has 26 heavy (non-hydrogen) atoms. The Morgan fingerprint density at radius 1 is 1.00 bits per heavy atom. The van der Waals surface area contributed by atoms with Crippen molar-refractivity contribution in [3.05, 3.63) is 84.2 Å². The molecule has 0 aliphatic rings. The predicted octanol–water partition coefficient (Wildman–Crippen LogP) is 4.92. The number of nitrogens with zero attached hydrogens (tertiary/aromatic N) is 4. The normalized spacial score (nSPS) is 10.4. The molecule has 0 fully saturated rings. The highest BCUT2D eigenvalue weighted by Crippen LogP contribution is 2.27. The summed E-state index contributed by atoms with van der Waals surface area (Å²) in [6.07, 6.45) is 1.85. The van der Waals surface area contributed by atoms with E-state index >= 15 is 0 Å². The Morgan fingerprint density at radius 2 is 1.77 bits per heavy atom. The van der Waals surface area contributed by atoms with Crippen LogP contribution in [0, 0.1) is 11.3 Å². The van der Waals surface area contributed by atoms with Gasteiger partial charge in [0.25, 0.3) is 0 Å². The van der Waals surface area contributed by atoms with Gasteiger partial charge in [-0.15, -0.1) is 28.5 Å². The third-order valence-corrected chi connectivity index (χ3v) is 5.73. The molecule has 0 bridgehead atoms. The van der Waals surface area contributed by atoms with E-state index in [4.69, 9.17) is 0 Å². The Morgan fingerprint density at radius 3 is 2.54 bits per heavy atom. The molecule has 0 radical (unpaired) electrons. The SMILES string of the molecule is C=CCn1c(CSc2ccccc2)nnc1SCc1ccccc1C#N. The molecule has 2 aromatic carbocycles. The van der Waals surface area contributed by atoms with Crippen molar-refractivity contribution >= 4 is 23.5 Å². The van der Waals surface area contributed by atoms with Crippen molar-refractivity contribution in [2.45, 2.75) is 28.1 Å². The van der Waals surface area contributed by atoms with Gasteiger partial charge in [-0.05, 0) is 23.8 Å². The van der Waals surface area contributed by atoms with Crippen LogP contribution < -0.4 is 0 Å². The van der Waals surface area contributed by atoms with Gasteiger partial charge in [-0.25, -0.2) is 0 Å². The van der Waals surface area contributed by atoms with E-state index < -0.39 is 0 Å². The van der Waals surface area contributed by atoms with Crippen molar-refractivity contribution in [2.24, 2.45) is 0 Å². The fraction of sp³-hybridized carbons (Fsp3) is 0.150. The summed E-state index contributed by atoms with van der Waals surface area (Å²) in [6.45, 7) is 4.51. The number of allylic oxidation sites excluding steroid dienone is 1. The fourth-order valence-corrected chi connectivity index (χ4v) is 4.24. The van der Waals surface area contributed by atoms with E-state index in [0.29, 0.717) is 17.9 Å². The second-order valence-electron chi connectivity index (χ2n) is 5.46. The molecular formula is C20H18N4S2. The second-order valence-corrected chi connectivity index (χ2v) is 7.45. The summed E-state index contributed by atoms with van der Waals surface area (Å²) in [5.41, 5.74) is 1.71. The first kappa shape index (κ1) is 18.3. The number of benzene rings is 2. The van der Waals surface area contributed by atoms with Crippen LogP contribution in [0.15, 0.2) is 77.3 Å². The van der Waals surface area contributed by atoms with Gasteiger partial charge < -0.3 is 4.57 Å². The van der Waals surface area contributed by atoms with Crippen LogP contribution in [0.2, 0.25) is 0 Å². The number of aromatic nitrogens is 3. The molecular weight excluding hydrogens is 360 g/mol. The lowest BCUT2D eigenvalue weighted by molar-refractivity contribution is 0.700. The molecule has 0 saturated carbocycles. The van der Waals surface area contributed by atoms with E-state index in [9.17, 15) is 5.26 Å². The van der Waals surface area contributed by atoms with Crippen molar-refractivity contribution in [3.8, 4) is 6.07 Å². The minimum absolute atomic E-state index is 0.667. The average molecular weight is 379 g/mol. The minimum Gasteiger partial charge on any atom is -0.301 e. The summed E-state index contributed by atoms with van der Waals surface area (Å²) in [7, 11) is 0. The van der Waals surface area contributed by atoms with Crippen LogP contribution in [0.4, 0.5) is 0 Å². The van der Waals surface area contributed by atoms with Crippen molar-refractivity contribution in [2.75, 3.05) is 0 Å². The Balaban J connectivity index is 1.72. The van der Waals surface area contributed by atoms with E-state index in [2.05, 4.69) is 39.5 Å². The van der Waals surface area contributed by atoms with Gasteiger partial charge in [-0.1, -0.05) is 54.2 Å². The molecule has 0 saturated heterocycles. The maximum absolute atomic E-state index is 9.23. The summed E-state index contributed by atoms with van der Waals surface area (Å²) in [4.78, 5) is 1.21. The van der Waals surface area contributed by atoms with Gasteiger partial charge in [0.2, 0.25) is 0 Å². The molecule has 3 aromatic rings. The first-order chi connectivity index (χ1) is 12.8. The molecule has 0 unspecified atom stereocenters. The summed E-state index contributed by atoms with van der Waals surface area (Å²) >= 11 is 3.33. The second kappa shape index (κ2) is 9.27. The molecule has 3 rings (SSSR count). The number of nitriles is 1. The van der Waals surface area contributed by atoms with Crippen LogP contribution >= 0.6 is 23.5 Å². The van der Waals surface area contributed by atoms with E-state index in [1.54, 1.807) is 23.5 Å². The maximum Gasteiger partial charge on any atom is 0.191 e. The number of rotatable bonds is 8. The molecule has 0 N–H and O–H groups in total. The van der Waals surface area contributed by atoms with E-state index in [1.807, 2.05) is 48.5 Å². The molecule has 6 heteroatoms. The number of hydrogen-bond acceptors (Lipinski definition) is 5. The highest BCUT2D eigenvalue weighted by atomic mass is 32.2. The molecule has 0 amide bonds. The van der Waals surface area contributed by atoms with Crippen molar-refractivity contribution in [3.63, 3.8) is 0 Å². The van der Waals surface area contributed by atoms with Gasteiger partial charge in [0.1, 0.15) is 5.82 Å². The first-order valence-electron chi connectivity index (χ1n) is 8.13. The van der Waals surface area contributed by atoms with Crippen LogP contribution in [0.1, 0.15) is 17.0 Å². The summed E-state index contributed by atoms with van der Waals surface area (Å²) < 4.78 is 2.09. The quantitative estimate of drug-likeness (QED) is 0.411. The van der Waals surface area contributed by atoms with Crippen molar-refractivity contribution < 1.29 is 0 Å². The molecule has 0 aliphatic heterocycles. The van der Waals surface area contributed by atoms with Crippen molar-refractivity contribution in [1.82, 2.24) is 14.8 Å². The smallest absolute Gasteiger partial charge is 0.191 e. The van der Waals surface area contributed by atoms with Crippen LogP contribution in [-0.4, -0.2) is 14.8 Å². The van der Waals surface area contributed by atoms with Crippen LogP contribution in [0.25, 0.3) is 0 Å². The predicted molar refractivity (Wildman–Crippen MR) is 107 cm³/mol. The summed E-state index contributed by atoms with van der Waals surface area (Å²) in [6, 6.07) is 20.1. The first-order valence-corrected chi connectivity index (χ1v) is 10.1. The number of thioether (sulfide) groups is 2. The van der Waals surface area contributed by atoms with Crippen LogP contribution in [0.3, 0.4) is 0 Å². The van der Waals surface area contributed by atoms with Crippen LogP contribution in [0.5, 0.6) is 0 Å². The monoisotopic (exact) mass is 378 g/mol. The van der Waals surface area contributed by atoms with E-state index in [-0.39, 0.29) is 0 Å². The van der Waals surface area contributed by atoms with Crippen LogP contribution in [-0.2, 0) is 18.1 Å². The summed E-state index contributed by atoms with van der Waals surface area (Å²) in [5.74, 6) is 2.36. The average Bonchev–Trinajstić information content (AvgIpc) is 3.08. The molecule has 4 nitrogen and oxygen atoms in total. The molecule has 1 heterocycles. The van der Waals surface area contributed by atoms with Gasteiger partial charge in [0, 0.05) is 17.2 Å². The largest absolute Gasteiger partial charge is 0.301 e. The van der Waals surface area contributed by atoms with Gasteiger partial charge >= 0.3 is 0 Å². The molecule has 0 aliphatic carbocycles. The Kier molecular flexibility index (Phi) is 6.53. The highest BCUT2D eigenvalue weighted by Gasteiger charge is 2.13. The van der Waals surface area contributed by atoms with Crippen molar-refractivity contribution in [1.29, 1.82) is 5.26 Å². The zero-order valence-electron chi connectivity index (χ0n) is 14.2. The summed E-state index contributed by atoms with van der Waals surface area (Å²) in [5, 5.41) is 18.8. The lowest BCUT2D eigenvalue weighted by atomic mass is 10.1. The molecule has 0 atom stereocenters. The van der Waals surface area contributed by atoms with Gasteiger partial charge in [0.15, 0.2) is 5.16 Å². The number of hydrogen-bond donors (Lipinski definition) is 0. The van der Waals surface area contributed by atoms with E-state index in [1.165, 1.54) is 4.90 Å². The third kappa shape index (κ3) is 4.57. The highest BCUT2D eigenvalue weighted by molar-refractivity contribution is 7.98. The maximum atomic E-state index is 9.23. The van der Waals surface area contributed by atoms with Gasteiger partial charge in [-0.3, -0.25) is 0 Å². The molecule has 1 aromatic heterocycles. The van der Waals surface area contributed by atoms with Gasteiger partial charge in [0.05, 0.1) is 17.4 Å². The minimum atomic E-state index is 0.667. The van der Waals surface area contributed by atoms with Gasteiger partial charge in [-0.2, -0.15) is 5.26 Å². The van der Waals surface area contributed by atoms with E-state index in [0.717, 1.165) is 22.3 Å². The third-order valence-electron chi connectivity index (χ3n) is 3.71. The standard InChI is InChI=1S/C20H18N4S2/c1-2-12-24-19(15-25-18-10-4-3-5-11-18)22-23-20(24)26-14-17-9-7-6-8-16(17)13-21/h2-11H,1,12,14-15H2.